The van der Waals surface area contributed by atoms with E-state index in [-0.39, 0.29) is 11.3 Å². The summed E-state index contributed by atoms with van der Waals surface area (Å²) in [6.07, 6.45) is 7.04. The second kappa shape index (κ2) is 16.0. The molecule has 4 aromatic rings. The molecule has 2 fully saturated rings. The van der Waals surface area contributed by atoms with Gasteiger partial charge in [-0.15, -0.1) is 0 Å². The van der Waals surface area contributed by atoms with Gasteiger partial charge in [0.25, 0.3) is 5.91 Å². The minimum Gasteiger partial charge on any atom is -0.493 e. The van der Waals surface area contributed by atoms with Crippen molar-refractivity contribution in [3.05, 3.63) is 77.9 Å². The largest absolute Gasteiger partial charge is 0.493 e. The van der Waals surface area contributed by atoms with E-state index >= 15 is 0 Å². The monoisotopic (exact) mass is 697 g/mol. The van der Waals surface area contributed by atoms with Crippen LogP contribution in [0.5, 0.6) is 28.7 Å². The summed E-state index contributed by atoms with van der Waals surface area (Å²) in [5.41, 5.74) is 3.56. The van der Waals surface area contributed by atoms with E-state index in [1.54, 1.807) is 47.7 Å². The van der Waals surface area contributed by atoms with Crippen molar-refractivity contribution in [1.82, 2.24) is 19.4 Å². The van der Waals surface area contributed by atoms with Crippen LogP contribution in [0, 0.1) is 0 Å². The van der Waals surface area contributed by atoms with Crippen LogP contribution in [-0.2, 0) is 12.0 Å². The zero-order valence-corrected chi connectivity index (χ0v) is 30.8. The lowest BCUT2D eigenvalue weighted by Gasteiger charge is -2.33. The number of carbonyl (C=O) groups excluding carboxylic acids is 1. The van der Waals surface area contributed by atoms with Gasteiger partial charge in [-0.1, -0.05) is 30.4 Å². The normalized spacial score (nSPS) is 18.3. The molecule has 3 aromatic carbocycles. The number of nitrogens with zero attached hydrogens (tertiary/aromatic N) is 5. The number of amides is 1. The van der Waals surface area contributed by atoms with Gasteiger partial charge >= 0.3 is 0 Å². The van der Waals surface area contributed by atoms with Crippen LogP contribution in [0.25, 0.3) is 11.0 Å². The Morgan fingerprint density at radius 2 is 1.57 bits per heavy atom. The third-order valence-corrected chi connectivity index (χ3v) is 10.5. The van der Waals surface area contributed by atoms with Crippen LogP contribution in [0.1, 0.15) is 42.1 Å². The number of allylic oxidation sites excluding steroid dienone is 2. The first kappa shape index (κ1) is 35.9. The summed E-state index contributed by atoms with van der Waals surface area (Å²) < 4.78 is 30.3. The van der Waals surface area contributed by atoms with E-state index in [2.05, 4.69) is 69.8 Å². The van der Waals surface area contributed by atoms with Crippen LogP contribution in [0.4, 0.5) is 5.95 Å². The number of hydrogen-bond donors (Lipinski definition) is 0. The van der Waals surface area contributed by atoms with Gasteiger partial charge in [0.15, 0.2) is 23.0 Å². The number of hydrogen-bond acceptors (Lipinski definition) is 9. The van der Waals surface area contributed by atoms with E-state index in [4.69, 9.17) is 28.7 Å². The van der Waals surface area contributed by atoms with E-state index in [1.165, 1.54) is 0 Å². The van der Waals surface area contributed by atoms with Gasteiger partial charge in [-0.2, -0.15) is 0 Å². The van der Waals surface area contributed by atoms with Crippen molar-refractivity contribution in [1.29, 1.82) is 0 Å². The molecule has 0 bridgehead atoms. The molecule has 1 aromatic heterocycles. The summed E-state index contributed by atoms with van der Waals surface area (Å²) in [5.74, 6) is 3.72. The van der Waals surface area contributed by atoms with Crippen molar-refractivity contribution in [2.24, 2.45) is 0 Å². The van der Waals surface area contributed by atoms with Crippen LogP contribution in [0.2, 0.25) is 0 Å². The number of rotatable bonds is 13. The molecule has 272 valence electrons. The zero-order valence-electron chi connectivity index (χ0n) is 30.8. The first-order valence-electron chi connectivity index (χ1n) is 17.7. The maximum atomic E-state index is 14.1. The molecule has 11 heteroatoms. The third kappa shape index (κ3) is 7.30. The fourth-order valence-corrected chi connectivity index (χ4v) is 7.64. The number of fused-ring (bicyclic) bond motifs is 1. The maximum absolute atomic E-state index is 14.1. The average molecular weight is 698 g/mol. The van der Waals surface area contributed by atoms with Gasteiger partial charge in [-0.05, 0) is 81.2 Å². The molecule has 6 rings (SSSR count). The third-order valence-electron chi connectivity index (χ3n) is 10.5. The van der Waals surface area contributed by atoms with Crippen LogP contribution in [0.3, 0.4) is 0 Å². The summed E-state index contributed by atoms with van der Waals surface area (Å²) in [7, 11) is 8.00. The molecule has 1 amide bonds. The maximum Gasteiger partial charge on any atom is 0.254 e. The summed E-state index contributed by atoms with van der Waals surface area (Å²) in [5, 5.41) is 0. The number of methoxy groups -OCH3 is 5. The van der Waals surface area contributed by atoms with Crippen molar-refractivity contribution in [3.63, 3.8) is 0 Å². The Balaban J connectivity index is 1.23. The number of anilines is 1. The topological polar surface area (TPSA) is 90.8 Å². The Hall–Kier alpha value is -4.90. The molecule has 2 aliphatic rings. The molecule has 51 heavy (non-hydrogen) atoms. The van der Waals surface area contributed by atoms with Crippen molar-refractivity contribution < 1.29 is 28.5 Å². The lowest BCUT2D eigenvalue weighted by molar-refractivity contribution is 0.0780. The SMILES string of the molecule is C/C=C/Cn1c(N2CCCN(CCC3(c4ccc(OC)c(OC)c4)CCN(C(=O)c4cc(OC)c(OC)c(OC)c4)C3)CC2)nc2ccccc21. The summed E-state index contributed by atoms with van der Waals surface area (Å²) in [6.45, 7) is 8.75. The highest BCUT2D eigenvalue weighted by Gasteiger charge is 2.42. The highest BCUT2D eigenvalue weighted by atomic mass is 16.5. The highest BCUT2D eigenvalue weighted by Crippen LogP contribution is 2.43. The number of carbonyl (C=O) groups is 1. The van der Waals surface area contributed by atoms with E-state index in [1.807, 2.05) is 11.0 Å². The Morgan fingerprint density at radius 1 is 0.824 bits per heavy atom. The predicted octanol–water partition coefficient (Wildman–Crippen LogP) is 6.04. The Kier molecular flexibility index (Phi) is 11.2. The molecule has 0 spiro atoms. The lowest BCUT2D eigenvalue weighted by Crippen LogP contribution is -2.39. The summed E-state index contributed by atoms with van der Waals surface area (Å²) in [4.78, 5) is 26.2. The van der Waals surface area contributed by atoms with Gasteiger partial charge in [0, 0.05) is 50.2 Å². The van der Waals surface area contributed by atoms with Crippen molar-refractivity contribution in [2.45, 2.75) is 38.1 Å². The van der Waals surface area contributed by atoms with Crippen LogP contribution in [0.15, 0.2) is 66.7 Å². The van der Waals surface area contributed by atoms with E-state index < -0.39 is 0 Å². The molecular weight excluding hydrogens is 646 g/mol. The molecule has 2 aliphatic heterocycles. The van der Waals surface area contributed by atoms with E-state index in [0.29, 0.717) is 47.4 Å². The predicted molar refractivity (Wildman–Crippen MR) is 200 cm³/mol. The molecule has 0 saturated carbocycles. The van der Waals surface area contributed by atoms with Gasteiger partial charge in [-0.25, -0.2) is 4.98 Å². The fourth-order valence-electron chi connectivity index (χ4n) is 7.64. The molecule has 2 saturated heterocycles. The number of imidazole rings is 1. The number of para-hydroxylation sites is 2. The molecule has 0 aliphatic carbocycles. The summed E-state index contributed by atoms with van der Waals surface area (Å²) >= 11 is 0. The number of aromatic nitrogens is 2. The standard InChI is InChI=1S/C40H51N5O6/c1-7-8-20-45-32-13-10-9-12-31(32)41-39(45)43-19-11-18-42(23-24-43)21-16-40(30-14-15-33(47-2)34(27-30)48-3)17-22-44(28-40)38(46)29-25-35(49-4)37(51-6)36(26-29)50-5/h7-10,12-15,25-27H,11,16-24,28H2,1-6H3/b8-7+. The van der Waals surface area contributed by atoms with Crippen LogP contribution in [-0.4, -0.2) is 107 Å². The smallest absolute Gasteiger partial charge is 0.254 e. The lowest BCUT2D eigenvalue weighted by atomic mass is 9.76. The number of likely N-dealkylation sites (tertiary alicyclic amines) is 1. The fraction of sp³-hybridized carbons (Fsp3) is 0.450. The molecule has 0 N–H and O–H groups in total. The number of ether oxygens (including phenoxy) is 5. The van der Waals surface area contributed by atoms with Crippen LogP contribution < -0.4 is 28.6 Å². The van der Waals surface area contributed by atoms with Crippen molar-refractivity contribution in [3.8, 4) is 28.7 Å². The van der Waals surface area contributed by atoms with Crippen LogP contribution >= 0.6 is 0 Å². The van der Waals surface area contributed by atoms with E-state index in [0.717, 1.165) is 81.1 Å². The van der Waals surface area contributed by atoms with Gasteiger partial charge < -0.3 is 43.0 Å². The molecular formula is C40H51N5O6. The Bertz CT molecular complexity index is 1830. The van der Waals surface area contributed by atoms with Gasteiger partial charge in [0.05, 0.1) is 46.6 Å². The van der Waals surface area contributed by atoms with Gasteiger partial charge in [-0.3, -0.25) is 4.79 Å². The quantitative estimate of drug-likeness (QED) is 0.155. The zero-order chi connectivity index (χ0) is 36.0. The molecule has 1 unspecified atom stereocenters. The number of benzene rings is 3. The highest BCUT2D eigenvalue weighted by molar-refractivity contribution is 5.96. The second-order valence-electron chi connectivity index (χ2n) is 13.3. The summed E-state index contributed by atoms with van der Waals surface area (Å²) in [6, 6.07) is 18.1. The van der Waals surface area contributed by atoms with E-state index in [9.17, 15) is 4.79 Å². The molecule has 11 nitrogen and oxygen atoms in total. The second-order valence-corrected chi connectivity index (χ2v) is 13.3. The molecule has 3 heterocycles. The van der Waals surface area contributed by atoms with Crippen molar-refractivity contribution >= 4 is 22.9 Å². The molecule has 0 radical (unpaired) electrons. The molecule has 1 atom stereocenters. The minimum absolute atomic E-state index is 0.0668. The minimum atomic E-state index is -0.275. The van der Waals surface area contributed by atoms with Crippen molar-refractivity contribution in [2.75, 3.05) is 86.3 Å². The van der Waals surface area contributed by atoms with Gasteiger partial charge in [0.2, 0.25) is 11.7 Å². The Labute approximate surface area is 301 Å². The first-order chi connectivity index (χ1) is 24.9. The van der Waals surface area contributed by atoms with Gasteiger partial charge in [0.1, 0.15) is 0 Å². The Morgan fingerprint density at radius 3 is 2.27 bits per heavy atom. The average Bonchev–Trinajstić information content (AvgIpc) is 3.69. The first-order valence-corrected chi connectivity index (χ1v) is 17.7.